The molecule has 3 aromatic heterocycles. The minimum Gasteiger partial charge on any atom is -0.354 e. The summed E-state index contributed by atoms with van der Waals surface area (Å²) in [4.78, 5) is 75.8. The molecule has 5 heterocycles. The molecule has 80 heavy (non-hydrogen) atoms. The quantitative estimate of drug-likeness (QED) is 0.0710. The molecular weight excluding hydrogens is 993 g/mol. The number of nitrogens with one attached hydrogen (secondary N) is 6. The minimum absolute atomic E-state index is 0.0744. The van der Waals surface area contributed by atoms with E-state index in [9.17, 15) is 19.2 Å². The summed E-state index contributed by atoms with van der Waals surface area (Å²) in [5, 5.41) is 13.3. The van der Waals surface area contributed by atoms with E-state index in [2.05, 4.69) is 111 Å². The molecule has 2 aliphatic heterocycles. The van der Waals surface area contributed by atoms with Crippen molar-refractivity contribution in [2.75, 3.05) is 21.3 Å². The number of H-pyrrole nitrogens is 2. The molecule has 4 amide bonds. The second-order valence-corrected chi connectivity index (χ2v) is 25.6. The fraction of sp³-hybridized carbons (Fsp3) is 0.294. The summed E-state index contributed by atoms with van der Waals surface area (Å²) in [5.74, 6) is -0.953. The van der Waals surface area contributed by atoms with Crippen molar-refractivity contribution in [3.8, 4) is 44.5 Å². The Bertz CT molecular complexity index is 3660. The Morgan fingerprint density at radius 2 is 0.600 bits per heavy atom. The lowest BCUT2D eigenvalue weighted by molar-refractivity contribution is -0.118. The van der Waals surface area contributed by atoms with E-state index < -0.39 is 0 Å². The minimum atomic E-state index is -0.164. The Hall–Kier alpha value is -8.64. The van der Waals surface area contributed by atoms with Gasteiger partial charge in [0.25, 0.3) is 0 Å². The van der Waals surface area contributed by atoms with Crippen LogP contribution in [0.3, 0.4) is 0 Å². The molecule has 12 nitrogen and oxygen atoms in total. The van der Waals surface area contributed by atoms with Crippen LogP contribution in [0.15, 0.2) is 121 Å². The van der Waals surface area contributed by atoms with Crippen LogP contribution in [0.25, 0.3) is 90.9 Å². The van der Waals surface area contributed by atoms with Gasteiger partial charge in [0.1, 0.15) is 0 Å². The normalized spacial score (nSPS) is 20.8. The van der Waals surface area contributed by atoms with Crippen LogP contribution in [-0.4, -0.2) is 43.6 Å². The largest absolute Gasteiger partial charge is 0.354 e. The Morgan fingerprint density at radius 3 is 0.863 bits per heavy atom. The number of hydrogen-bond acceptors (Lipinski definition) is 6. The summed E-state index contributed by atoms with van der Waals surface area (Å²) in [6, 6.07) is 39.8. The number of benzene rings is 4. The van der Waals surface area contributed by atoms with E-state index in [1.54, 1.807) is 0 Å². The third kappa shape index (κ3) is 9.23. The van der Waals surface area contributed by atoms with Crippen molar-refractivity contribution in [1.29, 1.82) is 0 Å². The topological polar surface area (TPSA) is 174 Å². The van der Waals surface area contributed by atoms with Gasteiger partial charge in [-0.25, -0.2) is 9.97 Å². The molecule has 6 N–H and O–H groups in total. The van der Waals surface area contributed by atoms with E-state index in [0.29, 0.717) is 78.8 Å². The van der Waals surface area contributed by atoms with E-state index in [4.69, 9.17) is 9.97 Å². The lowest BCUT2D eigenvalue weighted by atomic mass is 9.98. The second-order valence-electron chi connectivity index (χ2n) is 25.6. The Kier molecular flexibility index (Phi) is 11.7. The highest BCUT2D eigenvalue weighted by atomic mass is 16.2. The molecule has 4 fully saturated rings. The summed E-state index contributed by atoms with van der Waals surface area (Å²) < 4.78 is 0. The fourth-order valence-electron chi connectivity index (χ4n) is 12.1. The molecule has 0 radical (unpaired) electrons. The van der Waals surface area contributed by atoms with Crippen LogP contribution in [0.4, 0.5) is 22.7 Å². The Morgan fingerprint density at radius 1 is 0.350 bits per heavy atom. The van der Waals surface area contributed by atoms with Crippen molar-refractivity contribution in [1.82, 2.24) is 19.9 Å². The van der Waals surface area contributed by atoms with Crippen LogP contribution in [0.5, 0.6) is 0 Å². The van der Waals surface area contributed by atoms with E-state index in [1.165, 1.54) is 0 Å². The van der Waals surface area contributed by atoms with Gasteiger partial charge in [-0.05, 0) is 131 Å². The maximum atomic E-state index is 14.2. The smallest absolute Gasteiger partial charge is 0.228 e. The summed E-state index contributed by atoms with van der Waals surface area (Å²) in [7, 11) is 0. The average molecular weight is 1060 g/mol. The first kappa shape index (κ1) is 50.8. The number of nitrogens with zero attached hydrogens (tertiary/aromatic N) is 2. The van der Waals surface area contributed by atoms with Gasteiger partial charge in [0.2, 0.25) is 23.6 Å². The van der Waals surface area contributed by atoms with Gasteiger partial charge in [-0.2, -0.15) is 0 Å². The summed E-state index contributed by atoms with van der Waals surface area (Å²) in [6.45, 7) is 16.9. The van der Waals surface area contributed by atoms with Crippen LogP contribution >= 0.6 is 0 Å². The first-order valence-corrected chi connectivity index (χ1v) is 28.0. The molecule has 7 aromatic rings. The Labute approximate surface area is 466 Å². The van der Waals surface area contributed by atoms with Gasteiger partial charge in [0.05, 0.1) is 45.5 Å². The lowest BCUT2D eigenvalue weighted by Gasteiger charge is -2.18. The molecule has 4 atom stereocenters. The maximum absolute atomic E-state index is 14.2. The number of carbonyl (C=O) groups is 4. The molecule has 4 aromatic carbocycles. The zero-order valence-corrected chi connectivity index (χ0v) is 46.5. The van der Waals surface area contributed by atoms with E-state index in [-0.39, 0.29) is 69.0 Å². The van der Waals surface area contributed by atoms with Gasteiger partial charge in [0, 0.05) is 79.1 Å². The number of carbonyl (C=O) groups excluding carboxylic acids is 4. The van der Waals surface area contributed by atoms with Gasteiger partial charge < -0.3 is 31.2 Å². The van der Waals surface area contributed by atoms with Gasteiger partial charge in [-0.1, -0.05) is 128 Å². The van der Waals surface area contributed by atoms with Gasteiger partial charge in [-0.3, -0.25) is 19.2 Å². The van der Waals surface area contributed by atoms with Crippen molar-refractivity contribution >= 4 is 92.7 Å². The molecule has 12 heteroatoms. The number of hydrogen-bond donors (Lipinski definition) is 6. The molecule has 0 saturated heterocycles. The number of fused-ring (bicyclic) bond motifs is 8. The molecule has 13 rings (SSSR count). The van der Waals surface area contributed by atoms with Crippen molar-refractivity contribution in [3.63, 3.8) is 0 Å². The number of aromatic amines is 2. The number of aromatic nitrogens is 4. The van der Waals surface area contributed by atoms with Crippen LogP contribution in [-0.2, 0) is 19.2 Å². The van der Waals surface area contributed by atoms with Gasteiger partial charge in [-0.15, -0.1) is 0 Å². The lowest BCUT2D eigenvalue weighted by Crippen LogP contribution is -2.19. The van der Waals surface area contributed by atoms with E-state index >= 15 is 0 Å². The highest BCUT2D eigenvalue weighted by molar-refractivity contribution is 6.12. The predicted octanol–water partition coefficient (Wildman–Crippen LogP) is 15.3. The van der Waals surface area contributed by atoms with E-state index in [0.717, 1.165) is 59.0 Å². The van der Waals surface area contributed by atoms with Crippen LogP contribution in [0.1, 0.15) is 104 Å². The summed E-state index contributed by atoms with van der Waals surface area (Å²) >= 11 is 0. The van der Waals surface area contributed by atoms with Crippen LogP contribution < -0.4 is 21.3 Å². The van der Waals surface area contributed by atoms with Crippen molar-refractivity contribution in [3.05, 3.63) is 144 Å². The SMILES string of the molecule is CC1(C)C[C@@H]1C(=O)Nc1cccc(NC(=O)[C@H]2CC2(C)C)c1-c1c2nc(c(-c3ccccc3)c3ccc([nH]3)c(-c3c(NC(=O)[C@H]4CC4(C)C)cccc3NC(=O)[C@H]3CC3(C)C)c3nc(c(-c4ccccc4)c4ccc1[nH]4)C=C3)C=C2. The zero-order valence-electron chi connectivity index (χ0n) is 46.5. The monoisotopic (exact) mass is 1060 g/mol. The molecule has 6 aliphatic rings. The molecule has 4 saturated carbocycles. The van der Waals surface area contributed by atoms with E-state index in [1.807, 2.05) is 121 Å². The number of anilines is 4. The first-order chi connectivity index (χ1) is 38.2. The van der Waals surface area contributed by atoms with Crippen LogP contribution in [0.2, 0.25) is 0 Å². The zero-order chi connectivity index (χ0) is 55.6. The molecule has 4 aliphatic carbocycles. The fourth-order valence-corrected chi connectivity index (χ4v) is 12.1. The van der Waals surface area contributed by atoms with Gasteiger partial charge in [0.15, 0.2) is 0 Å². The summed E-state index contributed by atoms with van der Waals surface area (Å²) in [5.41, 5.74) is 13.3. The third-order valence-corrected chi connectivity index (χ3v) is 17.9. The highest BCUT2D eigenvalue weighted by Crippen LogP contribution is 2.56. The molecule has 0 spiro atoms. The predicted molar refractivity (Wildman–Crippen MR) is 323 cm³/mol. The molecular formula is C68H66N8O4. The molecule has 8 bridgehead atoms. The average Bonchev–Trinajstić information content (AvgIpc) is 4.32. The second kappa shape index (κ2) is 18.5. The summed E-state index contributed by atoms with van der Waals surface area (Å²) in [6.07, 6.45) is 11.2. The maximum Gasteiger partial charge on any atom is 0.228 e. The highest BCUT2D eigenvalue weighted by Gasteiger charge is 2.53. The standard InChI is InChI=1S/C68H66N8O4/c1-65(2)33-39(65)61(77)73-43-21-15-22-44(74-62(78)40-34-66(40,3)4)57(43)59-51-29-25-47(69-51)55(37-17-11-9-12-18-37)49-27-31-53(71-49)60(54-32-28-50(72-54)56(38-19-13-10-14-20-38)48-26-30-52(59)70-48)58-45(75-63(79)41-35-67(41,5)6)23-16-24-46(58)76-64(80)42-36-68(42,7)8/h9-32,39-42,69,72H,33-36H2,1-8H3,(H,73,77)(H,74,78)(H,75,79)(H,76,80)/t39-,40-,41-,42-/m1/s1. The van der Waals surface area contributed by atoms with Crippen molar-refractivity contribution in [2.24, 2.45) is 45.3 Å². The molecule has 0 unspecified atom stereocenters. The van der Waals surface area contributed by atoms with Crippen LogP contribution in [0, 0.1) is 45.3 Å². The first-order valence-electron chi connectivity index (χ1n) is 28.0. The molecule has 402 valence electrons. The third-order valence-electron chi connectivity index (χ3n) is 17.9. The number of rotatable bonds is 12. The Balaban J connectivity index is 1.12. The number of amides is 4. The van der Waals surface area contributed by atoms with Crippen molar-refractivity contribution in [2.45, 2.75) is 81.1 Å². The van der Waals surface area contributed by atoms with Crippen molar-refractivity contribution < 1.29 is 19.2 Å². The van der Waals surface area contributed by atoms with Gasteiger partial charge >= 0.3 is 0 Å².